The Morgan fingerprint density at radius 3 is 2.11 bits per heavy atom. The van der Waals surface area contributed by atoms with E-state index in [1.165, 1.54) is 38.5 Å². The maximum Gasteiger partial charge on any atom is 0.159 e. The summed E-state index contributed by atoms with van der Waals surface area (Å²) < 4.78 is 0. The first-order valence-corrected chi connectivity index (χ1v) is 15.5. The average Bonchev–Trinajstić information content (AvgIpc) is 3.01. The predicted molar refractivity (Wildman–Crippen MR) is 155 cm³/mol. The van der Waals surface area contributed by atoms with Crippen molar-refractivity contribution in [3.8, 4) is 0 Å². The molecule has 4 aliphatic rings. The first kappa shape index (κ1) is 28.4. The molecule has 4 rings (SSSR count). The zero-order valence-corrected chi connectivity index (χ0v) is 26.4. The molecule has 3 saturated carbocycles. The molecule has 0 spiro atoms. The van der Waals surface area contributed by atoms with Crippen LogP contribution in [0.1, 0.15) is 135 Å². The summed E-state index contributed by atoms with van der Waals surface area (Å²) >= 11 is 0. The third kappa shape index (κ3) is 3.86. The summed E-state index contributed by atoms with van der Waals surface area (Å²) in [4.78, 5) is 13.7. The van der Waals surface area contributed by atoms with E-state index in [0.717, 1.165) is 12.3 Å². The third-order valence-corrected chi connectivity index (χ3v) is 14.5. The molecule has 0 N–H and O–H groups in total. The molecule has 206 valence electrons. The number of fused-ring (bicyclic) bond motifs is 5. The molecular weight excluding hydrogens is 436 g/mol. The minimum atomic E-state index is 0.160. The maximum atomic E-state index is 13.7. The van der Waals surface area contributed by atoms with E-state index < -0.39 is 0 Å². The highest BCUT2D eigenvalue weighted by atomic mass is 16.1. The largest absolute Gasteiger partial charge is 0.295 e. The zero-order chi connectivity index (χ0) is 27.3. The van der Waals surface area contributed by atoms with Crippen molar-refractivity contribution in [3.05, 3.63) is 11.6 Å². The molecular formula is C35H60O. The lowest BCUT2D eigenvalue weighted by Crippen LogP contribution is -2.56. The van der Waals surface area contributed by atoms with Crippen molar-refractivity contribution in [2.24, 2.45) is 68.0 Å². The van der Waals surface area contributed by atoms with Crippen LogP contribution in [0, 0.1) is 68.0 Å². The summed E-state index contributed by atoms with van der Waals surface area (Å²) in [6.07, 6.45) is 11.0. The second kappa shape index (κ2) is 8.45. The highest BCUT2D eigenvalue weighted by molar-refractivity contribution is 5.94. The molecule has 0 aromatic rings. The van der Waals surface area contributed by atoms with Gasteiger partial charge in [0.05, 0.1) is 0 Å². The van der Waals surface area contributed by atoms with Crippen LogP contribution in [0.5, 0.6) is 0 Å². The summed E-state index contributed by atoms with van der Waals surface area (Å²) in [5.41, 5.74) is 3.06. The lowest BCUT2D eigenvalue weighted by atomic mass is 9.41. The molecule has 1 nitrogen and oxygen atoms in total. The molecule has 0 bridgehead atoms. The highest BCUT2D eigenvalue weighted by Gasteiger charge is 2.66. The summed E-state index contributed by atoms with van der Waals surface area (Å²) in [6, 6.07) is 0. The molecule has 0 amide bonds. The molecule has 0 aromatic heterocycles. The van der Waals surface area contributed by atoms with Gasteiger partial charge in [0.25, 0.3) is 0 Å². The van der Waals surface area contributed by atoms with Crippen LogP contribution < -0.4 is 0 Å². The van der Waals surface area contributed by atoms with E-state index in [1.807, 2.05) is 0 Å². The fraction of sp³-hybridized carbons (Fsp3) is 0.914. The van der Waals surface area contributed by atoms with E-state index in [1.54, 1.807) is 5.57 Å². The quantitative estimate of drug-likeness (QED) is 0.378. The molecule has 0 aliphatic heterocycles. The monoisotopic (exact) mass is 496 g/mol. The summed E-state index contributed by atoms with van der Waals surface area (Å²) in [5.74, 6) is 4.08. The number of hydrogen-bond donors (Lipinski definition) is 0. The van der Waals surface area contributed by atoms with Crippen molar-refractivity contribution in [2.75, 3.05) is 0 Å². The Morgan fingerprint density at radius 1 is 0.917 bits per heavy atom. The van der Waals surface area contributed by atoms with E-state index in [9.17, 15) is 4.79 Å². The molecule has 9 atom stereocenters. The van der Waals surface area contributed by atoms with Gasteiger partial charge in [-0.1, -0.05) is 95.6 Å². The fourth-order valence-corrected chi connectivity index (χ4v) is 10.1. The average molecular weight is 497 g/mol. The maximum absolute atomic E-state index is 13.7. The summed E-state index contributed by atoms with van der Waals surface area (Å²) in [7, 11) is 0. The van der Waals surface area contributed by atoms with Crippen LogP contribution in [-0.2, 0) is 4.79 Å². The molecule has 1 heteroatoms. The SMILES string of the molecule is C[C@@H]1C[C@H]2C(=O)C=C3C(CC[C@]4(C)[C@@H](C(C)(C)[C@H](C)CC(C)(C)C(C)(C)C)CC[C@@]34C)[C@@]2(C)C[C@@H]1C. The minimum absolute atomic E-state index is 0.160. The van der Waals surface area contributed by atoms with Crippen molar-refractivity contribution in [1.82, 2.24) is 0 Å². The van der Waals surface area contributed by atoms with Gasteiger partial charge in [-0.25, -0.2) is 0 Å². The van der Waals surface area contributed by atoms with Crippen molar-refractivity contribution < 1.29 is 4.79 Å². The van der Waals surface area contributed by atoms with Gasteiger partial charge in [-0.3, -0.25) is 4.79 Å². The van der Waals surface area contributed by atoms with Crippen LogP contribution in [0.2, 0.25) is 0 Å². The first-order chi connectivity index (χ1) is 16.2. The highest BCUT2D eigenvalue weighted by Crippen LogP contribution is 2.74. The molecule has 0 aromatic carbocycles. The van der Waals surface area contributed by atoms with Gasteiger partial charge in [-0.05, 0) is 113 Å². The molecule has 1 unspecified atom stereocenters. The number of ketones is 1. The van der Waals surface area contributed by atoms with Crippen molar-refractivity contribution >= 4 is 5.78 Å². The van der Waals surface area contributed by atoms with Gasteiger partial charge >= 0.3 is 0 Å². The van der Waals surface area contributed by atoms with Crippen molar-refractivity contribution in [3.63, 3.8) is 0 Å². The Morgan fingerprint density at radius 2 is 1.53 bits per heavy atom. The molecule has 0 heterocycles. The number of carbonyl (C=O) groups excluding carboxylic acids is 1. The van der Waals surface area contributed by atoms with Crippen LogP contribution in [-0.4, -0.2) is 5.78 Å². The Bertz CT molecular complexity index is 913. The second-order valence-corrected chi connectivity index (χ2v) is 17.4. The molecule has 0 saturated heterocycles. The van der Waals surface area contributed by atoms with Gasteiger partial charge in [0.1, 0.15) is 0 Å². The van der Waals surface area contributed by atoms with Crippen molar-refractivity contribution in [2.45, 2.75) is 135 Å². The standard InChI is InChI=1S/C35H60O/c1-22-18-27-28(36)19-26-25(33(27,11)20-23(22)2)14-16-35(13)29(15-17-34(26,35)12)32(9,10)24(3)21-31(7,8)30(4,5)6/h19,22-25,27,29H,14-18,20-21H2,1-13H3/t22-,23+,24-,25?,27+,29-,33-,34+,35-/m1/s1. The minimum Gasteiger partial charge on any atom is -0.295 e. The summed E-state index contributed by atoms with van der Waals surface area (Å²) in [5, 5.41) is 0. The van der Waals surface area contributed by atoms with E-state index in [4.69, 9.17) is 0 Å². The second-order valence-electron chi connectivity index (χ2n) is 17.4. The van der Waals surface area contributed by atoms with E-state index in [0.29, 0.717) is 40.3 Å². The van der Waals surface area contributed by atoms with E-state index in [-0.39, 0.29) is 27.6 Å². The van der Waals surface area contributed by atoms with Crippen LogP contribution in [0.25, 0.3) is 0 Å². The Balaban J connectivity index is 1.68. The number of hydrogen-bond acceptors (Lipinski definition) is 1. The van der Waals surface area contributed by atoms with E-state index >= 15 is 0 Å². The van der Waals surface area contributed by atoms with Gasteiger partial charge in [-0.15, -0.1) is 0 Å². The summed E-state index contributed by atoms with van der Waals surface area (Å²) in [6.45, 7) is 32.5. The van der Waals surface area contributed by atoms with Crippen LogP contribution in [0.3, 0.4) is 0 Å². The number of carbonyl (C=O) groups is 1. The lowest BCUT2D eigenvalue weighted by Gasteiger charge is -2.62. The molecule has 36 heavy (non-hydrogen) atoms. The number of rotatable bonds is 4. The van der Waals surface area contributed by atoms with Gasteiger partial charge in [-0.2, -0.15) is 0 Å². The Hall–Kier alpha value is -0.590. The Labute approximate surface area is 225 Å². The molecule has 3 fully saturated rings. The van der Waals surface area contributed by atoms with Crippen LogP contribution in [0.4, 0.5) is 0 Å². The van der Waals surface area contributed by atoms with Gasteiger partial charge in [0, 0.05) is 5.92 Å². The molecule has 0 radical (unpaired) electrons. The van der Waals surface area contributed by atoms with Gasteiger partial charge in [0.15, 0.2) is 5.78 Å². The normalized spacial score (nSPS) is 44.4. The predicted octanol–water partition coefficient (Wildman–Crippen LogP) is 10.1. The smallest absolute Gasteiger partial charge is 0.159 e. The zero-order valence-electron chi connectivity index (χ0n) is 26.4. The molecule has 4 aliphatic carbocycles. The number of allylic oxidation sites excluding steroid dienone is 2. The van der Waals surface area contributed by atoms with Crippen LogP contribution in [0.15, 0.2) is 11.6 Å². The van der Waals surface area contributed by atoms with Crippen LogP contribution >= 0.6 is 0 Å². The van der Waals surface area contributed by atoms with Gasteiger partial charge in [0.2, 0.25) is 0 Å². The Kier molecular flexibility index (Phi) is 6.67. The third-order valence-electron chi connectivity index (χ3n) is 14.5. The topological polar surface area (TPSA) is 17.1 Å². The first-order valence-electron chi connectivity index (χ1n) is 15.5. The lowest BCUT2D eigenvalue weighted by molar-refractivity contribution is -0.134. The fourth-order valence-electron chi connectivity index (χ4n) is 10.1. The van der Waals surface area contributed by atoms with E-state index in [2.05, 4.69) is 96.1 Å². The van der Waals surface area contributed by atoms with Gasteiger partial charge < -0.3 is 0 Å². The van der Waals surface area contributed by atoms with Crippen molar-refractivity contribution in [1.29, 1.82) is 0 Å².